The summed E-state index contributed by atoms with van der Waals surface area (Å²) in [4.78, 5) is 26.4. The van der Waals surface area contributed by atoms with Crippen molar-refractivity contribution in [3.05, 3.63) is 53.1 Å². The molecule has 2 aromatic carbocycles. The number of nitrogens with one attached hydrogen (secondary N) is 1. The van der Waals surface area contributed by atoms with Crippen molar-refractivity contribution in [2.45, 2.75) is 51.3 Å². The molecule has 1 heterocycles. The third-order valence-electron chi connectivity index (χ3n) is 5.40. The maximum atomic E-state index is 12.8. The Morgan fingerprint density at radius 1 is 1.10 bits per heavy atom. The number of carbonyl (C=O) groups is 2. The van der Waals surface area contributed by atoms with Crippen LogP contribution >= 0.6 is 0 Å². The summed E-state index contributed by atoms with van der Waals surface area (Å²) in [5.41, 5.74) is 4.31. The van der Waals surface area contributed by atoms with Gasteiger partial charge in [0.15, 0.2) is 9.84 Å². The van der Waals surface area contributed by atoms with E-state index in [9.17, 15) is 18.0 Å². The number of carbonyl (C=O) groups excluding carboxylic acids is 2. The third kappa shape index (κ3) is 4.90. The van der Waals surface area contributed by atoms with Crippen molar-refractivity contribution in [3.63, 3.8) is 0 Å². The van der Waals surface area contributed by atoms with Crippen molar-refractivity contribution in [2.24, 2.45) is 0 Å². The number of nitrogens with zero attached hydrogens (tertiary/aromatic N) is 1. The van der Waals surface area contributed by atoms with Gasteiger partial charge in [0, 0.05) is 30.8 Å². The molecule has 0 fully saturated rings. The van der Waals surface area contributed by atoms with E-state index in [1.165, 1.54) is 6.07 Å². The zero-order valence-corrected chi connectivity index (χ0v) is 18.5. The van der Waals surface area contributed by atoms with E-state index in [4.69, 9.17) is 0 Å². The molecule has 1 aliphatic heterocycles. The van der Waals surface area contributed by atoms with Gasteiger partial charge in [-0.15, -0.1) is 0 Å². The minimum Gasteiger partial charge on any atom is -0.326 e. The van der Waals surface area contributed by atoms with Gasteiger partial charge in [-0.1, -0.05) is 19.1 Å². The predicted octanol–water partition coefficient (Wildman–Crippen LogP) is 3.80. The zero-order valence-electron chi connectivity index (χ0n) is 17.7. The van der Waals surface area contributed by atoms with Crippen LogP contribution in [0.5, 0.6) is 0 Å². The van der Waals surface area contributed by atoms with Crippen LogP contribution in [0.2, 0.25) is 0 Å². The normalized spacial score (nSPS) is 13.6. The second-order valence-corrected chi connectivity index (χ2v) is 9.84. The van der Waals surface area contributed by atoms with E-state index in [0.29, 0.717) is 18.7 Å². The lowest BCUT2D eigenvalue weighted by Gasteiger charge is -2.29. The molecule has 7 heteroatoms. The Balaban J connectivity index is 1.71. The summed E-state index contributed by atoms with van der Waals surface area (Å²) in [5.74, 6) is -0.556. The molecule has 3 rings (SSSR count). The SMILES string of the molecule is CCC(=O)N1CCCc2cc(S(=O)(=O)CCC(=O)Nc3cc(C)ccc3C)ccc21. The van der Waals surface area contributed by atoms with Gasteiger partial charge < -0.3 is 10.2 Å². The van der Waals surface area contributed by atoms with Gasteiger partial charge in [0.05, 0.1) is 10.6 Å². The number of hydrogen-bond donors (Lipinski definition) is 1. The zero-order chi connectivity index (χ0) is 21.9. The van der Waals surface area contributed by atoms with Gasteiger partial charge in [0.2, 0.25) is 11.8 Å². The van der Waals surface area contributed by atoms with Gasteiger partial charge in [0.1, 0.15) is 0 Å². The molecule has 0 atom stereocenters. The molecule has 0 bridgehead atoms. The smallest absolute Gasteiger partial charge is 0.226 e. The van der Waals surface area contributed by atoms with Crippen LogP contribution in [0.4, 0.5) is 11.4 Å². The molecule has 0 saturated heterocycles. The van der Waals surface area contributed by atoms with Crippen LogP contribution in [0.15, 0.2) is 41.3 Å². The molecule has 30 heavy (non-hydrogen) atoms. The van der Waals surface area contributed by atoms with E-state index < -0.39 is 9.84 Å². The fraction of sp³-hybridized carbons (Fsp3) is 0.391. The van der Waals surface area contributed by atoms with Crippen LogP contribution < -0.4 is 10.2 Å². The lowest BCUT2D eigenvalue weighted by molar-refractivity contribution is -0.118. The summed E-state index contributed by atoms with van der Waals surface area (Å²) in [6, 6.07) is 10.7. The molecule has 0 aromatic heterocycles. The van der Waals surface area contributed by atoms with E-state index in [1.54, 1.807) is 17.0 Å². The Labute approximate surface area is 178 Å². The first kappa shape index (κ1) is 22.0. The van der Waals surface area contributed by atoms with Gasteiger partial charge in [-0.3, -0.25) is 9.59 Å². The Bertz CT molecular complexity index is 1080. The number of fused-ring (bicyclic) bond motifs is 1. The predicted molar refractivity (Wildman–Crippen MR) is 119 cm³/mol. The monoisotopic (exact) mass is 428 g/mol. The Kier molecular flexibility index (Phi) is 6.61. The van der Waals surface area contributed by atoms with Crippen molar-refractivity contribution < 1.29 is 18.0 Å². The summed E-state index contributed by atoms with van der Waals surface area (Å²) in [6.07, 6.45) is 1.84. The molecular formula is C23H28N2O4S. The molecule has 2 amide bonds. The molecule has 2 aromatic rings. The Morgan fingerprint density at radius 3 is 2.60 bits per heavy atom. The number of anilines is 2. The maximum Gasteiger partial charge on any atom is 0.226 e. The molecule has 160 valence electrons. The van der Waals surface area contributed by atoms with Gasteiger partial charge in [-0.05, 0) is 67.6 Å². The summed E-state index contributed by atoms with van der Waals surface area (Å²) in [6.45, 7) is 6.30. The van der Waals surface area contributed by atoms with E-state index in [2.05, 4.69) is 5.32 Å². The Morgan fingerprint density at radius 2 is 1.87 bits per heavy atom. The van der Waals surface area contributed by atoms with Crippen LogP contribution in [0.25, 0.3) is 0 Å². The first-order chi connectivity index (χ1) is 14.2. The Hall–Kier alpha value is -2.67. The average Bonchev–Trinajstić information content (AvgIpc) is 2.73. The molecule has 0 aliphatic carbocycles. The molecule has 0 saturated carbocycles. The quantitative estimate of drug-likeness (QED) is 0.759. The van der Waals surface area contributed by atoms with Gasteiger partial charge in [0.25, 0.3) is 0 Å². The first-order valence-corrected chi connectivity index (χ1v) is 11.9. The number of amides is 2. The van der Waals surface area contributed by atoms with E-state index in [-0.39, 0.29) is 28.9 Å². The van der Waals surface area contributed by atoms with Crippen molar-refractivity contribution in [2.75, 3.05) is 22.5 Å². The largest absolute Gasteiger partial charge is 0.326 e. The molecule has 1 aliphatic rings. The van der Waals surface area contributed by atoms with Crippen LogP contribution in [0.3, 0.4) is 0 Å². The van der Waals surface area contributed by atoms with Crippen LogP contribution in [-0.2, 0) is 25.8 Å². The number of hydrogen-bond acceptors (Lipinski definition) is 4. The maximum absolute atomic E-state index is 12.8. The standard InChI is InChI=1S/C23H28N2O4S/c1-4-23(27)25-12-5-6-18-15-19(9-10-21(18)25)30(28,29)13-11-22(26)24-20-14-16(2)7-8-17(20)3/h7-10,14-15H,4-6,11-13H2,1-3H3,(H,24,26). The summed E-state index contributed by atoms with van der Waals surface area (Å²) < 4.78 is 25.6. The van der Waals surface area contributed by atoms with Crippen molar-refractivity contribution in [1.82, 2.24) is 0 Å². The topological polar surface area (TPSA) is 83.6 Å². The molecule has 1 N–H and O–H groups in total. The second-order valence-electron chi connectivity index (χ2n) is 7.73. The highest BCUT2D eigenvalue weighted by Gasteiger charge is 2.24. The highest BCUT2D eigenvalue weighted by Crippen LogP contribution is 2.30. The number of sulfone groups is 1. The number of benzene rings is 2. The molecule has 0 spiro atoms. The number of rotatable bonds is 6. The summed E-state index contributed by atoms with van der Waals surface area (Å²) in [7, 11) is -3.61. The minimum atomic E-state index is -3.61. The minimum absolute atomic E-state index is 0.0367. The summed E-state index contributed by atoms with van der Waals surface area (Å²) >= 11 is 0. The van der Waals surface area contributed by atoms with Gasteiger partial charge >= 0.3 is 0 Å². The third-order valence-corrected chi connectivity index (χ3v) is 7.11. The van der Waals surface area contributed by atoms with Gasteiger partial charge in [-0.2, -0.15) is 0 Å². The van der Waals surface area contributed by atoms with Crippen LogP contribution in [0.1, 0.15) is 42.9 Å². The molecule has 6 nitrogen and oxygen atoms in total. The van der Waals surface area contributed by atoms with E-state index >= 15 is 0 Å². The first-order valence-electron chi connectivity index (χ1n) is 10.2. The fourth-order valence-corrected chi connectivity index (χ4v) is 4.93. The molecule has 0 unspecified atom stereocenters. The van der Waals surface area contributed by atoms with E-state index in [1.807, 2.05) is 39.0 Å². The van der Waals surface area contributed by atoms with Crippen LogP contribution in [-0.4, -0.2) is 32.5 Å². The van der Waals surface area contributed by atoms with Crippen molar-refractivity contribution in [3.8, 4) is 0 Å². The lowest BCUT2D eigenvalue weighted by Crippen LogP contribution is -2.35. The van der Waals surface area contributed by atoms with Crippen molar-refractivity contribution in [1.29, 1.82) is 0 Å². The van der Waals surface area contributed by atoms with E-state index in [0.717, 1.165) is 35.2 Å². The lowest BCUT2D eigenvalue weighted by atomic mass is 10.0. The molecular weight excluding hydrogens is 400 g/mol. The van der Waals surface area contributed by atoms with Crippen molar-refractivity contribution >= 4 is 33.0 Å². The fourth-order valence-electron chi connectivity index (χ4n) is 3.64. The number of aryl methyl sites for hydroxylation is 3. The second kappa shape index (κ2) is 9.00. The van der Waals surface area contributed by atoms with Gasteiger partial charge in [-0.25, -0.2) is 8.42 Å². The summed E-state index contributed by atoms with van der Waals surface area (Å²) in [5, 5.41) is 2.80. The molecule has 0 radical (unpaired) electrons. The average molecular weight is 429 g/mol. The highest BCUT2D eigenvalue weighted by atomic mass is 32.2. The van der Waals surface area contributed by atoms with Crippen LogP contribution in [0, 0.1) is 13.8 Å². The highest BCUT2D eigenvalue weighted by molar-refractivity contribution is 7.91.